The Hall–Kier alpha value is -2.36. The zero-order chi connectivity index (χ0) is 13.9. The summed E-state index contributed by atoms with van der Waals surface area (Å²) < 4.78 is 18.9. The van der Waals surface area contributed by atoms with Crippen molar-refractivity contribution in [2.75, 3.05) is 6.54 Å². The van der Waals surface area contributed by atoms with Crippen molar-refractivity contribution in [2.45, 2.75) is 13.0 Å². The number of fused-ring (bicyclic) bond motifs is 1. The SMILES string of the molecule is O=C1NCCc2c(OCc3cccc(F)c3)cccc21. The van der Waals surface area contributed by atoms with E-state index in [1.807, 2.05) is 12.1 Å². The van der Waals surface area contributed by atoms with E-state index >= 15 is 0 Å². The number of halogens is 1. The second-order valence-electron chi connectivity index (χ2n) is 4.71. The molecule has 0 spiro atoms. The fraction of sp³-hybridized carbons (Fsp3) is 0.188. The van der Waals surface area contributed by atoms with Crippen LogP contribution in [0.4, 0.5) is 4.39 Å². The van der Waals surface area contributed by atoms with Crippen LogP contribution in [0.2, 0.25) is 0 Å². The smallest absolute Gasteiger partial charge is 0.251 e. The third kappa shape index (κ3) is 2.50. The van der Waals surface area contributed by atoms with E-state index in [2.05, 4.69) is 5.32 Å². The molecule has 20 heavy (non-hydrogen) atoms. The molecule has 0 saturated heterocycles. The normalized spacial score (nSPS) is 13.6. The van der Waals surface area contributed by atoms with E-state index in [1.54, 1.807) is 18.2 Å². The summed E-state index contributed by atoms with van der Waals surface area (Å²) in [5.41, 5.74) is 2.35. The van der Waals surface area contributed by atoms with Crippen LogP contribution in [0.15, 0.2) is 42.5 Å². The number of amides is 1. The van der Waals surface area contributed by atoms with Crippen LogP contribution in [-0.4, -0.2) is 12.5 Å². The van der Waals surface area contributed by atoms with Gasteiger partial charge in [0.25, 0.3) is 5.91 Å². The van der Waals surface area contributed by atoms with E-state index in [4.69, 9.17) is 4.74 Å². The van der Waals surface area contributed by atoms with E-state index in [-0.39, 0.29) is 18.3 Å². The maximum absolute atomic E-state index is 13.1. The van der Waals surface area contributed by atoms with Crippen LogP contribution in [0.3, 0.4) is 0 Å². The number of ether oxygens (including phenoxy) is 1. The summed E-state index contributed by atoms with van der Waals surface area (Å²) in [6, 6.07) is 11.7. The van der Waals surface area contributed by atoms with Crippen molar-refractivity contribution in [3.05, 3.63) is 65.0 Å². The molecule has 2 aromatic carbocycles. The first-order chi connectivity index (χ1) is 9.74. The molecule has 3 rings (SSSR count). The maximum atomic E-state index is 13.1. The molecule has 4 heteroatoms. The van der Waals surface area contributed by atoms with Gasteiger partial charge in [-0.3, -0.25) is 4.79 Å². The molecule has 0 fully saturated rings. The third-order valence-electron chi connectivity index (χ3n) is 3.32. The van der Waals surface area contributed by atoms with Gasteiger partial charge in [0.15, 0.2) is 0 Å². The molecule has 1 N–H and O–H groups in total. The van der Waals surface area contributed by atoms with Gasteiger partial charge < -0.3 is 10.1 Å². The number of hydrogen-bond donors (Lipinski definition) is 1. The maximum Gasteiger partial charge on any atom is 0.251 e. The summed E-state index contributed by atoms with van der Waals surface area (Å²) in [4.78, 5) is 11.7. The molecule has 102 valence electrons. The summed E-state index contributed by atoms with van der Waals surface area (Å²) in [6.45, 7) is 0.905. The highest BCUT2D eigenvalue weighted by atomic mass is 19.1. The summed E-state index contributed by atoms with van der Waals surface area (Å²) in [5, 5.41) is 2.80. The van der Waals surface area contributed by atoms with Gasteiger partial charge in [-0.2, -0.15) is 0 Å². The molecule has 0 unspecified atom stereocenters. The predicted octanol–water partition coefficient (Wildman–Crippen LogP) is 2.69. The van der Waals surface area contributed by atoms with Crippen LogP contribution in [0.5, 0.6) is 5.75 Å². The fourth-order valence-electron chi connectivity index (χ4n) is 2.36. The average molecular weight is 271 g/mol. The molecular formula is C16H14FNO2. The lowest BCUT2D eigenvalue weighted by Crippen LogP contribution is -2.32. The Bertz CT molecular complexity index is 655. The Morgan fingerprint density at radius 2 is 2.05 bits per heavy atom. The Balaban J connectivity index is 1.81. The number of carbonyl (C=O) groups is 1. The zero-order valence-corrected chi connectivity index (χ0v) is 10.9. The van der Waals surface area contributed by atoms with Gasteiger partial charge in [0, 0.05) is 17.7 Å². The van der Waals surface area contributed by atoms with Gasteiger partial charge in [0.2, 0.25) is 0 Å². The fourth-order valence-corrected chi connectivity index (χ4v) is 2.36. The minimum Gasteiger partial charge on any atom is -0.489 e. The molecule has 0 atom stereocenters. The van der Waals surface area contributed by atoms with Gasteiger partial charge in [-0.05, 0) is 36.2 Å². The highest BCUT2D eigenvalue weighted by Gasteiger charge is 2.19. The van der Waals surface area contributed by atoms with Gasteiger partial charge in [0.1, 0.15) is 18.2 Å². The quantitative estimate of drug-likeness (QED) is 0.932. The van der Waals surface area contributed by atoms with Gasteiger partial charge in [-0.15, -0.1) is 0 Å². The number of hydrogen-bond acceptors (Lipinski definition) is 2. The molecule has 0 bridgehead atoms. The first kappa shape index (κ1) is 12.7. The minimum atomic E-state index is -0.277. The molecular weight excluding hydrogens is 257 g/mol. The molecule has 1 aliphatic rings. The van der Waals surface area contributed by atoms with Gasteiger partial charge >= 0.3 is 0 Å². The number of benzene rings is 2. The van der Waals surface area contributed by atoms with Crippen LogP contribution in [0.25, 0.3) is 0 Å². The van der Waals surface area contributed by atoms with Crippen molar-refractivity contribution >= 4 is 5.91 Å². The Kier molecular flexibility index (Phi) is 3.37. The summed E-state index contributed by atoms with van der Waals surface area (Å²) in [5.74, 6) is 0.352. The summed E-state index contributed by atoms with van der Waals surface area (Å²) in [7, 11) is 0. The van der Waals surface area contributed by atoms with Crippen molar-refractivity contribution in [1.29, 1.82) is 0 Å². The van der Waals surface area contributed by atoms with Crippen molar-refractivity contribution in [2.24, 2.45) is 0 Å². The largest absolute Gasteiger partial charge is 0.489 e. The summed E-state index contributed by atoms with van der Waals surface area (Å²) in [6.07, 6.45) is 0.750. The van der Waals surface area contributed by atoms with Crippen molar-refractivity contribution < 1.29 is 13.9 Å². The molecule has 1 heterocycles. The van der Waals surface area contributed by atoms with E-state index in [9.17, 15) is 9.18 Å². The monoisotopic (exact) mass is 271 g/mol. The van der Waals surface area contributed by atoms with Crippen LogP contribution >= 0.6 is 0 Å². The van der Waals surface area contributed by atoms with Crippen molar-refractivity contribution in [3.63, 3.8) is 0 Å². The van der Waals surface area contributed by atoms with Crippen LogP contribution in [0.1, 0.15) is 21.5 Å². The lowest BCUT2D eigenvalue weighted by molar-refractivity contribution is 0.0945. The number of nitrogens with one attached hydrogen (secondary N) is 1. The highest BCUT2D eigenvalue weighted by molar-refractivity contribution is 5.97. The lowest BCUT2D eigenvalue weighted by atomic mass is 9.99. The Labute approximate surface area is 116 Å². The molecule has 1 aliphatic heterocycles. The van der Waals surface area contributed by atoms with Crippen LogP contribution in [0, 0.1) is 5.82 Å². The van der Waals surface area contributed by atoms with E-state index in [0.717, 1.165) is 17.5 Å². The van der Waals surface area contributed by atoms with E-state index in [1.165, 1.54) is 12.1 Å². The molecule has 1 amide bonds. The number of rotatable bonds is 3. The van der Waals surface area contributed by atoms with Gasteiger partial charge in [-0.25, -0.2) is 4.39 Å². The second kappa shape index (κ2) is 5.33. The number of carbonyl (C=O) groups excluding carboxylic acids is 1. The minimum absolute atomic E-state index is 0.0672. The first-order valence-electron chi connectivity index (χ1n) is 6.51. The van der Waals surface area contributed by atoms with Crippen LogP contribution < -0.4 is 10.1 Å². The molecule has 0 saturated carbocycles. The van der Waals surface area contributed by atoms with Crippen molar-refractivity contribution in [1.82, 2.24) is 5.32 Å². The topological polar surface area (TPSA) is 38.3 Å². The first-order valence-corrected chi connectivity index (χ1v) is 6.51. The van der Waals surface area contributed by atoms with Crippen molar-refractivity contribution in [3.8, 4) is 5.75 Å². The Morgan fingerprint density at radius 3 is 2.90 bits per heavy atom. The third-order valence-corrected chi connectivity index (χ3v) is 3.32. The average Bonchev–Trinajstić information content (AvgIpc) is 2.46. The lowest BCUT2D eigenvalue weighted by Gasteiger charge is -2.19. The predicted molar refractivity (Wildman–Crippen MR) is 73.2 cm³/mol. The Morgan fingerprint density at radius 1 is 1.20 bits per heavy atom. The van der Waals surface area contributed by atoms with E-state index in [0.29, 0.717) is 17.9 Å². The molecule has 0 aliphatic carbocycles. The molecule has 0 radical (unpaired) electrons. The van der Waals surface area contributed by atoms with E-state index < -0.39 is 0 Å². The van der Waals surface area contributed by atoms with Gasteiger partial charge in [0.05, 0.1) is 0 Å². The zero-order valence-electron chi connectivity index (χ0n) is 10.9. The second-order valence-corrected chi connectivity index (χ2v) is 4.71. The highest BCUT2D eigenvalue weighted by Crippen LogP contribution is 2.26. The van der Waals surface area contributed by atoms with Gasteiger partial charge in [-0.1, -0.05) is 18.2 Å². The van der Waals surface area contributed by atoms with Crippen LogP contribution in [-0.2, 0) is 13.0 Å². The molecule has 2 aromatic rings. The molecule has 0 aromatic heterocycles. The summed E-state index contributed by atoms with van der Waals surface area (Å²) >= 11 is 0. The standard InChI is InChI=1S/C16H14FNO2/c17-12-4-1-3-11(9-12)10-20-15-6-2-5-14-13(15)7-8-18-16(14)19/h1-6,9H,7-8,10H2,(H,18,19). The molecule has 3 nitrogen and oxygen atoms in total.